The second-order valence-corrected chi connectivity index (χ2v) is 11.6. The SMILES string of the molecule is CO[C@@H]1CC[C@]2(C)[C@@H]3CC[C@]4(C)[C@H](CC[C@]4(C)[C@@H](C)O)[C@@H]3CC[C@@]2(C)C1. The second kappa shape index (κ2) is 5.96. The molecular weight excluding hydrogens is 320 g/mol. The lowest BCUT2D eigenvalue weighted by atomic mass is 9.39. The van der Waals surface area contributed by atoms with Crippen molar-refractivity contribution in [2.75, 3.05) is 7.11 Å². The van der Waals surface area contributed by atoms with Crippen molar-refractivity contribution >= 4 is 0 Å². The normalized spacial score (nSPS) is 57.8. The first-order chi connectivity index (χ1) is 12.1. The van der Waals surface area contributed by atoms with Crippen LogP contribution >= 0.6 is 0 Å². The van der Waals surface area contributed by atoms with Crippen molar-refractivity contribution in [1.82, 2.24) is 0 Å². The van der Waals surface area contributed by atoms with Gasteiger partial charge in [0.1, 0.15) is 0 Å². The Morgan fingerprint density at radius 3 is 2.12 bits per heavy atom. The maximum absolute atomic E-state index is 10.6. The summed E-state index contributed by atoms with van der Waals surface area (Å²) in [5.41, 5.74) is 1.37. The van der Waals surface area contributed by atoms with Gasteiger partial charge in [0.25, 0.3) is 0 Å². The molecule has 0 saturated heterocycles. The third kappa shape index (κ3) is 2.24. The van der Waals surface area contributed by atoms with E-state index in [1.54, 1.807) is 0 Å². The first-order valence-electron chi connectivity index (χ1n) is 11.3. The number of aliphatic hydroxyl groups is 1. The van der Waals surface area contributed by atoms with E-state index in [0.29, 0.717) is 22.3 Å². The summed E-state index contributed by atoms with van der Waals surface area (Å²) < 4.78 is 5.80. The lowest BCUT2D eigenvalue weighted by Gasteiger charge is -2.66. The highest BCUT2D eigenvalue weighted by atomic mass is 16.5. The standard InChI is InChI=1S/C24H42O2/c1-16(25)22(3)13-9-20-18-8-11-21(2)15-17(26-6)7-12-23(21,4)19(18)10-14-24(20,22)5/h16-20,25H,7-15H2,1-6H3/t16-,17-,18-,19-,20-,21+,22-,23-,24-/m1/s1. The predicted molar refractivity (Wildman–Crippen MR) is 107 cm³/mol. The van der Waals surface area contributed by atoms with E-state index >= 15 is 0 Å². The zero-order chi connectivity index (χ0) is 19.0. The minimum absolute atomic E-state index is 0.109. The highest BCUT2D eigenvalue weighted by molar-refractivity contribution is 5.15. The van der Waals surface area contributed by atoms with Crippen molar-refractivity contribution in [1.29, 1.82) is 0 Å². The van der Waals surface area contributed by atoms with Crippen LogP contribution in [0.5, 0.6) is 0 Å². The molecule has 0 aromatic carbocycles. The summed E-state index contributed by atoms with van der Waals surface area (Å²) in [7, 11) is 1.91. The molecule has 0 heterocycles. The number of ether oxygens (including phenoxy) is 1. The van der Waals surface area contributed by atoms with Crippen LogP contribution in [0.3, 0.4) is 0 Å². The molecule has 2 nitrogen and oxygen atoms in total. The third-order valence-corrected chi connectivity index (χ3v) is 11.3. The predicted octanol–water partition coefficient (Wildman–Crippen LogP) is 5.82. The van der Waals surface area contributed by atoms with Crippen LogP contribution in [0.15, 0.2) is 0 Å². The van der Waals surface area contributed by atoms with E-state index in [-0.39, 0.29) is 11.5 Å². The maximum Gasteiger partial charge on any atom is 0.0577 e. The Morgan fingerprint density at radius 1 is 0.846 bits per heavy atom. The van der Waals surface area contributed by atoms with E-state index < -0.39 is 0 Å². The Bertz CT molecular complexity index is 558. The van der Waals surface area contributed by atoms with Gasteiger partial charge in [-0.3, -0.25) is 0 Å². The molecule has 4 aliphatic rings. The van der Waals surface area contributed by atoms with Gasteiger partial charge in [-0.25, -0.2) is 0 Å². The molecule has 0 amide bonds. The number of fused-ring (bicyclic) bond motifs is 5. The first kappa shape index (κ1) is 19.2. The summed E-state index contributed by atoms with van der Waals surface area (Å²) in [6.07, 6.45) is 12.2. The minimum Gasteiger partial charge on any atom is -0.393 e. The minimum atomic E-state index is -0.185. The quantitative estimate of drug-likeness (QED) is 0.670. The van der Waals surface area contributed by atoms with Crippen LogP contribution < -0.4 is 0 Å². The molecule has 9 atom stereocenters. The summed E-state index contributed by atoms with van der Waals surface area (Å²) in [6.45, 7) is 12.2. The van der Waals surface area contributed by atoms with Crippen LogP contribution in [-0.4, -0.2) is 24.4 Å². The summed E-state index contributed by atoms with van der Waals surface area (Å²) in [4.78, 5) is 0. The summed E-state index contributed by atoms with van der Waals surface area (Å²) in [5.74, 6) is 2.59. The zero-order valence-electron chi connectivity index (χ0n) is 18.1. The van der Waals surface area contributed by atoms with E-state index in [1.807, 2.05) is 14.0 Å². The molecule has 0 spiro atoms. The molecule has 1 N–H and O–H groups in total. The monoisotopic (exact) mass is 362 g/mol. The smallest absolute Gasteiger partial charge is 0.0577 e. The Balaban J connectivity index is 1.64. The van der Waals surface area contributed by atoms with Gasteiger partial charge in [-0.15, -0.1) is 0 Å². The third-order valence-electron chi connectivity index (χ3n) is 11.3. The van der Waals surface area contributed by atoms with Gasteiger partial charge in [0.15, 0.2) is 0 Å². The number of rotatable bonds is 2. The molecule has 26 heavy (non-hydrogen) atoms. The van der Waals surface area contributed by atoms with Gasteiger partial charge in [0.2, 0.25) is 0 Å². The summed E-state index contributed by atoms with van der Waals surface area (Å²) in [6, 6.07) is 0. The molecule has 4 aliphatic carbocycles. The molecule has 4 saturated carbocycles. The van der Waals surface area contributed by atoms with Gasteiger partial charge in [-0.2, -0.15) is 0 Å². The topological polar surface area (TPSA) is 29.5 Å². The molecule has 4 fully saturated rings. The van der Waals surface area contributed by atoms with Crippen LogP contribution in [0.1, 0.15) is 92.4 Å². The Hall–Kier alpha value is -0.0800. The average Bonchev–Trinajstić information content (AvgIpc) is 2.88. The van der Waals surface area contributed by atoms with Crippen LogP contribution in [-0.2, 0) is 4.74 Å². The number of aliphatic hydroxyl groups excluding tert-OH is 1. The first-order valence-corrected chi connectivity index (χ1v) is 11.3. The lowest BCUT2D eigenvalue weighted by molar-refractivity contribution is -0.184. The zero-order valence-corrected chi connectivity index (χ0v) is 18.1. The summed E-state index contributed by atoms with van der Waals surface area (Å²) >= 11 is 0. The molecule has 0 aromatic rings. The van der Waals surface area contributed by atoms with E-state index in [4.69, 9.17) is 4.74 Å². The fraction of sp³-hybridized carbons (Fsp3) is 1.00. The van der Waals surface area contributed by atoms with Crippen LogP contribution in [0.25, 0.3) is 0 Å². The Morgan fingerprint density at radius 2 is 1.46 bits per heavy atom. The number of hydrogen-bond donors (Lipinski definition) is 1. The van der Waals surface area contributed by atoms with Crippen LogP contribution in [0.2, 0.25) is 0 Å². The number of methoxy groups -OCH3 is 1. The van der Waals surface area contributed by atoms with Crippen LogP contribution in [0, 0.1) is 39.4 Å². The van der Waals surface area contributed by atoms with E-state index in [2.05, 4.69) is 27.7 Å². The Kier molecular flexibility index (Phi) is 4.41. The van der Waals surface area contributed by atoms with Crippen molar-refractivity contribution in [2.45, 2.75) is 105 Å². The lowest BCUT2D eigenvalue weighted by Crippen LogP contribution is -2.59. The second-order valence-electron chi connectivity index (χ2n) is 11.6. The fourth-order valence-corrected chi connectivity index (χ4v) is 8.78. The van der Waals surface area contributed by atoms with Crippen LogP contribution in [0.4, 0.5) is 0 Å². The molecule has 0 unspecified atom stereocenters. The Labute approximate surface area is 161 Å². The molecule has 150 valence electrons. The fourth-order valence-electron chi connectivity index (χ4n) is 8.78. The van der Waals surface area contributed by atoms with Crippen molar-refractivity contribution < 1.29 is 9.84 Å². The highest BCUT2D eigenvalue weighted by Gasteiger charge is 2.66. The molecule has 4 rings (SSSR count). The number of hydrogen-bond acceptors (Lipinski definition) is 2. The molecule has 0 bridgehead atoms. The van der Waals surface area contributed by atoms with Gasteiger partial charge < -0.3 is 9.84 Å². The maximum atomic E-state index is 10.6. The van der Waals surface area contributed by atoms with Gasteiger partial charge in [-0.05, 0) is 104 Å². The van der Waals surface area contributed by atoms with Crippen molar-refractivity contribution in [2.24, 2.45) is 39.4 Å². The van der Waals surface area contributed by atoms with E-state index in [0.717, 1.165) is 17.8 Å². The molecular formula is C24H42O2. The van der Waals surface area contributed by atoms with E-state index in [9.17, 15) is 5.11 Å². The van der Waals surface area contributed by atoms with Crippen molar-refractivity contribution in [3.8, 4) is 0 Å². The van der Waals surface area contributed by atoms with Crippen molar-refractivity contribution in [3.05, 3.63) is 0 Å². The summed E-state index contributed by atoms with van der Waals surface area (Å²) in [5, 5.41) is 10.6. The largest absolute Gasteiger partial charge is 0.393 e. The average molecular weight is 363 g/mol. The van der Waals surface area contributed by atoms with Gasteiger partial charge >= 0.3 is 0 Å². The van der Waals surface area contributed by atoms with Crippen molar-refractivity contribution in [3.63, 3.8) is 0 Å². The van der Waals surface area contributed by atoms with E-state index in [1.165, 1.54) is 57.8 Å². The van der Waals surface area contributed by atoms with Gasteiger partial charge in [0, 0.05) is 7.11 Å². The molecule has 0 aliphatic heterocycles. The molecule has 0 radical (unpaired) electrons. The highest BCUT2D eigenvalue weighted by Crippen LogP contribution is 2.73. The van der Waals surface area contributed by atoms with Gasteiger partial charge in [0.05, 0.1) is 12.2 Å². The molecule has 2 heteroatoms. The van der Waals surface area contributed by atoms with Gasteiger partial charge in [-0.1, -0.05) is 27.7 Å². The molecule has 0 aromatic heterocycles.